The molecule has 0 radical (unpaired) electrons. The predicted octanol–water partition coefficient (Wildman–Crippen LogP) is 4.01. The number of benzene rings is 2. The van der Waals surface area contributed by atoms with Crippen molar-refractivity contribution in [2.75, 3.05) is 12.4 Å². The highest BCUT2D eigenvalue weighted by Crippen LogP contribution is 2.24. The van der Waals surface area contributed by atoms with E-state index in [2.05, 4.69) is 12.2 Å². The number of carbonyl (C=O) groups excluding carboxylic acids is 1. The summed E-state index contributed by atoms with van der Waals surface area (Å²) >= 11 is 0. The Labute approximate surface area is 186 Å². The summed E-state index contributed by atoms with van der Waals surface area (Å²) < 4.78 is 8.44. The van der Waals surface area contributed by atoms with Gasteiger partial charge in [-0.25, -0.2) is 4.68 Å². The van der Waals surface area contributed by atoms with E-state index in [1.54, 1.807) is 42.1 Å². The van der Waals surface area contributed by atoms with Gasteiger partial charge in [-0.2, -0.15) is 5.10 Å². The van der Waals surface area contributed by atoms with Crippen LogP contribution in [0.5, 0.6) is 5.75 Å². The van der Waals surface area contributed by atoms with Crippen LogP contribution in [0.2, 0.25) is 0 Å². The molecule has 0 spiro atoms. The standard InChI is InChI=1S/C25H26N4O3/c1-5-18-9-11-20(12-10-18)29-25-24(17(3)27-29)16(2)13-23(31)28(25)15-22(30)26-19-7-6-8-21(14-19)32-4/h6-14H,5,15H2,1-4H3,(H,26,30). The molecule has 1 N–H and O–H groups in total. The first-order valence-electron chi connectivity index (χ1n) is 10.5. The van der Waals surface area contributed by atoms with E-state index < -0.39 is 0 Å². The minimum absolute atomic E-state index is 0.134. The lowest BCUT2D eigenvalue weighted by Crippen LogP contribution is -2.29. The molecule has 4 rings (SSSR count). The summed E-state index contributed by atoms with van der Waals surface area (Å²) in [5.41, 5.74) is 4.66. The molecule has 164 valence electrons. The second kappa shape index (κ2) is 8.70. The van der Waals surface area contributed by atoms with Crippen LogP contribution in [0.15, 0.2) is 59.4 Å². The maximum absolute atomic E-state index is 13.0. The third kappa shape index (κ3) is 4.01. The predicted molar refractivity (Wildman–Crippen MR) is 126 cm³/mol. The largest absolute Gasteiger partial charge is 0.497 e. The Hall–Kier alpha value is -3.87. The third-order valence-electron chi connectivity index (χ3n) is 5.54. The van der Waals surface area contributed by atoms with Crippen LogP contribution in [0.3, 0.4) is 0 Å². The molecule has 0 aliphatic carbocycles. The Morgan fingerprint density at radius 1 is 1.09 bits per heavy atom. The molecule has 0 fully saturated rings. The maximum Gasteiger partial charge on any atom is 0.252 e. The SMILES string of the molecule is CCc1ccc(-n2nc(C)c3c(C)cc(=O)n(CC(=O)Nc4cccc(OC)c4)c32)cc1. The number of hydrogen-bond donors (Lipinski definition) is 1. The van der Waals surface area contributed by atoms with E-state index in [1.807, 2.05) is 38.1 Å². The lowest BCUT2D eigenvalue weighted by molar-refractivity contribution is -0.116. The van der Waals surface area contributed by atoms with E-state index in [1.165, 1.54) is 10.1 Å². The molecule has 0 atom stereocenters. The van der Waals surface area contributed by atoms with Crippen LogP contribution in [0, 0.1) is 13.8 Å². The number of pyridine rings is 1. The van der Waals surface area contributed by atoms with Gasteiger partial charge in [-0.3, -0.25) is 14.2 Å². The van der Waals surface area contributed by atoms with Crippen LogP contribution in [-0.4, -0.2) is 27.4 Å². The first-order chi connectivity index (χ1) is 15.4. The van der Waals surface area contributed by atoms with Crippen molar-refractivity contribution in [3.8, 4) is 11.4 Å². The number of amides is 1. The second-order valence-electron chi connectivity index (χ2n) is 7.75. The number of hydrogen-bond acceptors (Lipinski definition) is 4. The highest BCUT2D eigenvalue weighted by molar-refractivity contribution is 5.92. The number of anilines is 1. The summed E-state index contributed by atoms with van der Waals surface area (Å²) in [6.45, 7) is 5.77. The molecule has 1 amide bonds. The van der Waals surface area contributed by atoms with Gasteiger partial charge < -0.3 is 10.1 Å². The molecule has 0 saturated heterocycles. The minimum Gasteiger partial charge on any atom is -0.497 e. The zero-order chi connectivity index (χ0) is 22.8. The van der Waals surface area contributed by atoms with Crippen molar-refractivity contribution in [1.82, 2.24) is 14.3 Å². The molecule has 0 bridgehead atoms. The van der Waals surface area contributed by atoms with Gasteiger partial charge in [0.2, 0.25) is 5.91 Å². The number of rotatable bonds is 6. The van der Waals surface area contributed by atoms with Gasteiger partial charge in [0, 0.05) is 23.2 Å². The van der Waals surface area contributed by atoms with Gasteiger partial charge in [0.25, 0.3) is 5.56 Å². The van der Waals surface area contributed by atoms with E-state index >= 15 is 0 Å². The lowest BCUT2D eigenvalue weighted by atomic mass is 10.1. The van der Waals surface area contributed by atoms with E-state index in [-0.39, 0.29) is 18.0 Å². The highest BCUT2D eigenvalue weighted by atomic mass is 16.5. The van der Waals surface area contributed by atoms with Gasteiger partial charge >= 0.3 is 0 Å². The summed E-state index contributed by atoms with van der Waals surface area (Å²) in [6.07, 6.45) is 0.938. The highest BCUT2D eigenvalue weighted by Gasteiger charge is 2.19. The van der Waals surface area contributed by atoms with Crippen LogP contribution < -0.4 is 15.6 Å². The molecule has 7 heteroatoms. The molecule has 0 unspecified atom stereocenters. The topological polar surface area (TPSA) is 78.2 Å². The van der Waals surface area contributed by atoms with Crippen molar-refractivity contribution in [3.63, 3.8) is 0 Å². The van der Waals surface area contributed by atoms with Gasteiger partial charge in [-0.05, 0) is 55.7 Å². The van der Waals surface area contributed by atoms with Gasteiger partial charge in [-0.1, -0.05) is 25.1 Å². The first kappa shape index (κ1) is 21.4. The van der Waals surface area contributed by atoms with Crippen molar-refractivity contribution < 1.29 is 9.53 Å². The molecular weight excluding hydrogens is 404 g/mol. The lowest BCUT2D eigenvalue weighted by Gasteiger charge is -2.13. The summed E-state index contributed by atoms with van der Waals surface area (Å²) in [5.74, 6) is 0.333. The molecular formula is C25H26N4O3. The molecule has 2 heterocycles. The molecule has 32 heavy (non-hydrogen) atoms. The van der Waals surface area contributed by atoms with E-state index in [9.17, 15) is 9.59 Å². The average Bonchev–Trinajstić information content (AvgIpc) is 3.14. The van der Waals surface area contributed by atoms with Crippen molar-refractivity contribution in [2.24, 2.45) is 0 Å². The summed E-state index contributed by atoms with van der Waals surface area (Å²) in [5, 5.41) is 8.42. The Balaban J connectivity index is 1.78. The fraction of sp³-hybridized carbons (Fsp3) is 0.240. The molecule has 7 nitrogen and oxygen atoms in total. The Morgan fingerprint density at radius 2 is 1.84 bits per heavy atom. The Bertz CT molecular complexity index is 1350. The number of carbonyl (C=O) groups is 1. The van der Waals surface area contributed by atoms with Gasteiger partial charge in [0.05, 0.1) is 18.5 Å². The summed E-state index contributed by atoms with van der Waals surface area (Å²) in [7, 11) is 1.57. The number of ether oxygens (including phenoxy) is 1. The quantitative estimate of drug-likeness (QED) is 0.501. The van der Waals surface area contributed by atoms with E-state index in [0.29, 0.717) is 17.1 Å². The van der Waals surface area contributed by atoms with Gasteiger partial charge in [0.15, 0.2) is 0 Å². The van der Waals surface area contributed by atoms with Crippen LogP contribution in [0.4, 0.5) is 5.69 Å². The van der Waals surface area contributed by atoms with Crippen LogP contribution in [-0.2, 0) is 17.8 Å². The fourth-order valence-corrected chi connectivity index (χ4v) is 3.92. The fourth-order valence-electron chi connectivity index (χ4n) is 3.92. The Morgan fingerprint density at radius 3 is 2.53 bits per heavy atom. The van der Waals surface area contributed by atoms with Crippen molar-refractivity contribution >= 4 is 22.6 Å². The molecule has 2 aromatic heterocycles. The minimum atomic E-state index is -0.308. The number of nitrogens with zero attached hydrogens (tertiary/aromatic N) is 3. The molecule has 4 aromatic rings. The monoisotopic (exact) mass is 430 g/mol. The van der Waals surface area contributed by atoms with Gasteiger partial charge in [-0.15, -0.1) is 0 Å². The van der Waals surface area contributed by atoms with Crippen molar-refractivity contribution in [1.29, 1.82) is 0 Å². The van der Waals surface area contributed by atoms with Crippen molar-refractivity contribution in [2.45, 2.75) is 33.7 Å². The third-order valence-corrected chi connectivity index (χ3v) is 5.54. The smallest absolute Gasteiger partial charge is 0.252 e. The first-order valence-corrected chi connectivity index (χ1v) is 10.5. The molecule has 0 aliphatic rings. The molecule has 2 aromatic carbocycles. The molecule has 0 aliphatic heterocycles. The van der Waals surface area contributed by atoms with Crippen LogP contribution >= 0.6 is 0 Å². The second-order valence-corrected chi connectivity index (χ2v) is 7.75. The van der Waals surface area contributed by atoms with E-state index in [4.69, 9.17) is 9.84 Å². The maximum atomic E-state index is 13.0. The number of methoxy groups -OCH3 is 1. The number of aryl methyl sites for hydroxylation is 3. The zero-order valence-electron chi connectivity index (χ0n) is 18.7. The average molecular weight is 431 g/mol. The van der Waals surface area contributed by atoms with Crippen molar-refractivity contribution in [3.05, 3.63) is 81.8 Å². The number of aromatic nitrogens is 3. The van der Waals surface area contributed by atoms with Crippen LogP contribution in [0.1, 0.15) is 23.7 Å². The number of nitrogens with one attached hydrogen (secondary N) is 1. The normalized spacial score (nSPS) is 11.0. The zero-order valence-corrected chi connectivity index (χ0v) is 18.7. The summed E-state index contributed by atoms with van der Waals surface area (Å²) in [6, 6.07) is 16.7. The van der Waals surface area contributed by atoms with E-state index in [0.717, 1.165) is 28.8 Å². The Kier molecular flexibility index (Phi) is 5.81. The molecule has 0 saturated carbocycles. The van der Waals surface area contributed by atoms with Crippen LogP contribution in [0.25, 0.3) is 16.7 Å². The number of fused-ring (bicyclic) bond motifs is 1. The summed E-state index contributed by atoms with van der Waals surface area (Å²) in [4.78, 5) is 25.8. The van der Waals surface area contributed by atoms with Gasteiger partial charge in [0.1, 0.15) is 17.9 Å².